The van der Waals surface area contributed by atoms with Crippen molar-refractivity contribution in [1.82, 2.24) is 9.97 Å². The van der Waals surface area contributed by atoms with E-state index in [1.165, 1.54) is 6.42 Å². The third-order valence-corrected chi connectivity index (χ3v) is 5.35. The Balaban J connectivity index is 1.99. The van der Waals surface area contributed by atoms with Crippen molar-refractivity contribution in [2.24, 2.45) is 5.92 Å². The molecule has 0 aliphatic carbocycles. The quantitative estimate of drug-likeness (QED) is 0.624. The Morgan fingerprint density at radius 2 is 1.79 bits per heavy atom. The number of hydrogen-bond donors (Lipinski definition) is 0. The van der Waals surface area contributed by atoms with Crippen molar-refractivity contribution >= 4 is 17.5 Å². The van der Waals surface area contributed by atoms with E-state index in [1.54, 1.807) is 6.92 Å². The summed E-state index contributed by atoms with van der Waals surface area (Å²) in [5.41, 5.74) is 0.536. The van der Waals surface area contributed by atoms with Crippen molar-refractivity contribution < 1.29 is 4.92 Å². The molecule has 7 heteroatoms. The van der Waals surface area contributed by atoms with E-state index in [-0.39, 0.29) is 16.7 Å². The molecule has 0 unspecified atom stereocenters. The van der Waals surface area contributed by atoms with Gasteiger partial charge < -0.3 is 9.80 Å². The van der Waals surface area contributed by atoms with Crippen LogP contribution in [0.5, 0.6) is 0 Å². The summed E-state index contributed by atoms with van der Waals surface area (Å²) in [6.07, 6.45) is 5.52. The van der Waals surface area contributed by atoms with Gasteiger partial charge in [0.1, 0.15) is 5.69 Å². The van der Waals surface area contributed by atoms with Gasteiger partial charge in [-0.25, -0.2) is 4.98 Å². The molecule has 2 aliphatic rings. The summed E-state index contributed by atoms with van der Waals surface area (Å²) in [5.74, 6) is 1.88. The highest BCUT2D eigenvalue weighted by molar-refractivity contribution is 5.63. The molecule has 0 spiro atoms. The molecule has 1 aromatic heterocycles. The fourth-order valence-electron chi connectivity index (χ4n) is 3.71. The average Bonchev–Trinajstić information content (AvgIpc) is 2.55. The Bertz CT molecular complexity index is 613. The van der Waals surface area contributed by atoms with Crippen LogP contribution in [0.25, 0.3) is 0 Å². The first kappa shape index (κ1) is 16.9. The van der Waals surface area contributed by atoms with Gasteiger partial charge in [0.2, 0.25) is 11.8 Å². The van der Waals surface area contributed by atoms with E-state index in [0.717, 1.165) is 51.2 Å². The molecule has 132 valence electrons. The van der Waals surface area contributed by atoms with Crippen molar-refractivity contribution in [3.05, 3.63) is 15.8 Å². The lowest BCUT2D eigenvalue weighted by Crippen LogP contribution is -2.39. The van der Waals surface area contributed by atoms with Gasteiger partial charge in [-0.15, -0.1) is 0 Å². The normalized spacial score (nSPS) is 22.7. The third-order valence-electron chi connectivity index (χ3n) is 5.35. The van der Waals surface area contributed by atoms with Crippen LogP contribution < -0.4 is 9.80 Å². The molecule has 2 aliphatic heterocycles. The highest BCUT2D eigenvalue weighted by Crippen LogP contribution is 2.35. The van der Waals surface area contributed by atoms with Crippen molar-refractivity contribution in [3.8, 4) is 0 Å². The second-order valence-electron chi connectivity index (χ2n) is 7.25. The molecule has 7 nitrogen and oxygen atoms in total. The Hall–Kier alpha value is -1.92. The maximum atomic E-state index is 11.6. The molecule has 2 fully saturated rings. The molecule has 2 saturated heterocycles. The number of aromatic nitrogens is 2. The zero-order valence-corrected chi connectivity index (χ0v) is 14.9. The standard InChI is InChI=1S/C17H27N5O2/c1-12-7-10-20(11-8-12)17-18-14(3)15(22(23)24)16(19-17)21-9-5-4-6-13(21)2/h12-13H,4-11H2,1-3H3/t13-/m1/s1. The predicted molar refractivity (Wildman–Crippen MR) is 94.7 cm³/mol. The van der Waals surface area contributed by atoms with Crippen LogP contribution in [-0.2, 0) is 0 Å². The maximum Gasteiger partial charge on any atom is 0.332 e. The summed E-state index contributed by atoms with van der Waals surface area (Å²) in [7, 11) is 0. The van der Waals surface area contributed by atoms with Crippen LogP contribution in [-0.4, -0.2) is 40.6 Å². The van der Waals surface area contributed by atoms with Crippen LogP contribution in [0.3, 0.4) is 0 Å². The smallest absolute Gasteiger partial charge is 0.332 e. The van der Waals surface area contributed by atoms with Crippen molar-refractivity contribution in [1.29, 1.82) is 0 Å². The second-order valence-corrected chi connectivity index (χ2v) is 7.25. The van der Waals surface area contributed by atoms with E-state index >= 15 is 0 Å². The van der Waals surface area contributed by atoms with Crippen molar-refractivity contribution in [2.75, 3.05) is 29.4 Å². The Kier molecular flexibility index (Phi) is 4.87. The maximum absolute atomic E-state index is 11.6. The highest BCUT2D eigenvalue weighted by atomic mass is 16.6. The van der Waals surface area contributed by atoms with Gasteiger partial charge in [-0.1, -0.05) is 6.92 Å². The zero-order valence-electron chi connectivity index (χ0n) is 14.9. The molecule has 0 aromatic carbocycles. The van der Waals surface area contributed by atoms with Crippen LogP contribution in [0.1, 0.15) is 51.6 Å². The molecular weight excluding hydrogens is 306 g/mol. The topological polar surface area (TPSA) is 75.4 Å². The molecule has 0 saturated carbocycles. The number of hydrogen-bond acceptors (Lipinski definition) is 6. The minimum atomic E-state index is -0.325. The monoisotopic (exact) mass is 333 g/mol. The SMILES string of the molecule is Cc1nc(N2CCC(C)CC2)nc(N2CCCC[C@H]2C)c1[N+](=O)[O-]. The van der Waals surface area contributed by atoms with Crippen LogP contribution >= 0.6 is 0 Å². The van der Waals surface area contributed by atoms with E-state index in [1.807, 2.05) is 0 Å². The van der Waals surface area contributed by atoms with Gasteiger partial charge in [0, 0.05) is 25.7 Å². The van der Waals surface area contributed by atoms with Gasteiger partial charge in [-0.05, 0) is 51.9 Å². The van der Waals surface area contributed by atoms with Gasteiger partial charge in [0.05, 0.1) is 4.92 Å². The molecule has 3 heterocycles. The van der Waals surface area contributed by atoms with Crippen LogP contribution in [0, 0.1) is 23.0 Å². The van der Waals surface area contributed by atoms with E-state index in [2.05, 4.69) is 33.6 Å². The number of nitro groups is 1. The summed E-state index contributed by atoms with van der Waals surface area (Å²) in [6, 6.07) is 0.279. The highest BCUT2D eigenvalue weighted by Gasteiger charge is 2.31. The van der Waals surface area contributed by atoms with E-state index in [4.69, 9.17) is 0 Å². The molecule has 0 N–H and O–H groups in total. The number of anilines is 2. The summed E-state index contributed by atoms with van der Waals surface area (Å²) in [5, 5.41) is 11.6. The lowest BCUT2D eigenvalue weighted by molar-refractivity contribution is -0.385. The molecule has 1 aromatic rings. The van der Waals surface area contributed by atoms with Crippen LogP contribution in [0.4, 0.5) is 17.5 Å². The number of piperidine rings is 2. The minimum absolute atomic E-state index is 0.0675. The first-order chi connectivity index (χ1) is 11.5. The number of aryl methyl sites for hydroxylation is 1. The second kappa shape index (κ2) is 6.91. The zero-order chi connectivity index (χ0) is 17.3. The summed E-state index contributed by atoms with van der Waals surface area (Å²) in [4.78, 5) is 24.7. The average molecular weight is 333 g/mol. The van der Waals surface area contributed by atoms with E-state index < -0.39 is 0 Å². The number of nitrogens with zero attached hydrogens (tertiary/aromatic N) is 5. The van der Waals surface area contributed by atoms with E-state index in [9.17, 15) is 10.1 Å². The lowest BCUT2D eigenvalue weighted by Gasteiger charge is -2.35. The molecule has 1 atom stereocenters. The third kappa shape index (κ3) is 3.30. The summed E-state index contributed by atoms with van der Waals surface area (Å²) < 4.78 is 0. The Labute approximate surface area is 143 Å². The summed E-state index contributed by atoms with van der Waals surface area (Å²) in [6.45, 7) is 8.80. The van der Waals surface area contributed by atoms with Gasteiger partial charge in [-0.2, -0.15) is 4.98 Å². The number of rotatable bonds is 3. The van der Waals surface area contributed by atoms with Gasteiger partial charge in [0.25, 0.3) is 0 Å². The summed E-state index contributed by atoms with van der Waals surface area (Å²) >= 11 is 0. The fraction of sp³-hybridized carbons (Fsp3) is 0.765. The fourth-order valence-corrected chi connectivity index (χ4v) is 3.71. The first-order valence-corrected chi connectivity index (χ1v) is 9.02. The van der Waals surface area contributed by atoms with E-state index in [0.29, 0.717) is 17.5 Å². The van der Waals surface area contributed by atoms with Crippen LogP contribution in [0.15, 0.2) is 0 Å². The predicted octanol–water partition coefficient (Wildman–Crippen LogP) is 3.31. The van der Waals surface area contributed by atoms with Gasteiger partial charge in [0.15, 0.2) is 0 Å². The minimum Gasteiger partial charge on any atom is -0.348 e. The molecule has 3 rings (SSSR count). The molecule has 0 bridgehead atoms. The molecule has 24 heavy (non-hydrogen) atoms. The Morgan fingerprint density at radius 1 is 1.08 bits per heavy atom. The van der Waals surface area contributed by atoms with Crippen LogP contribution in [0.2, 0.25) is 0 Å². The molecule has 0 amide bonds. The van der Waals surface area contributed by atoms with Gasteiger partial charge >= 0.3 is 5.69 Å². The van der Waals surface area contributed by atoms with Crippen molar-refractivity contribution in [3.63, 3.8) is 0 Å². The van der Waals surface area contributed by atoms with Gasteiger partial charge in [-0.3, -0.25) is 10.1 Å². The largest absolute Gasteiger partial charge is 0.348 e. The Morgan fingerprint density at radius 3 is 2.42 bits per heavy atom. The molecule has 0 radical (unpaired) electrons. The first-order valence-electron chi connectivity index (χ1n) is 9.02. The lowest BCUT2D eigenvalue weighted by atomic mass is 10.00. The van der Waals surface area contributed by atoms with Crippen molar-refractivity contribution in [2.45, 2.75) is 58.9 Å². The molecular formula is C17H27N5O2.